The summed E-state index contributed by atoms with van der Waals surface area (Å²) in [5, 5.41) is 0. The molecule has 8 heavy (non-hydrogen) atoms. The molecule has 1 nitrogen and oxygen atoms in total. The quantitative estimate of drug-likeness (QED) is 0.441. The first-order valence-corrected chi connectivity index (χ1v) is 2.43. The molecular formula is C7H6N. The minimum atomic E-state index is 1.72. The van der Waals surface area contributed by atoms with Crippen molar-refractivity contribution in [2.24, 2.45) is 4.99 Å². The summed E-state index contributed by atoms with van der Waals surface area (Å²) in [6.07, 6.45) is 13.6. The predicted octanol–water partition coefficient (Wildman–Crippen LogP) is 1.50. The number of hydrogen-bond donors (Lipinski definition) is 0. The van der Waals surface area contributed by atoms with Gasteiger partial charge in [-0.15, -0.1) is 0 Å². The first-order valence-electron chi connectivity index (χ1n) is 2.43. The van der Waals surface area contributed by atoms with Crippen LogP contribution < -0.4 is 0 Å². The highest BCUT2D eigenvalue weighted by Gasteiger charge is 1.66. The molecule has 0 fully saturated rings. The Balaban J connectivity index is 2.67. The molecule has 0 aromatic rings. The van der Waals surface area contributed by atoms with Gasteiger partial charge in [-0.05, 0) is 18.2 Å². The van der Waals surface area contributed by atoms with Crippen LogP contribution in [-0.4, -0.2) is 6.21 Å². The van der Waals surface area contributed by atoms with Crippen molar-refractivity contribution in [1.29, 1.82) is 0 Å². The van der Waals surface area contributed by atoms with E-state index in [4.69, 9.17) is 0 Å². The number of rotatable bonds is 0. The van der Waals surface area contributed by atoms with Gasteiger partial charge in [0.05, 0.1) is 0 Å². The third kappa shape index (κ3) is 1.56. The van der Waals surface area contributed by atoms with E-state index in [9.17, 15) is 0 Å². The summed E-state index contributed by atoms with van der Waals surface area (Å²) in [4.78, 5) is 3.87. The summed E-state index contributed by atoms with van der Waals surface area (Å²) < 4.78 is 0. The summed E-state index contributed by atoms with van der Waals surface area (Å²) >= 11 is 0. The summed E-state index contributed by atoms with van der Waals surface area (Å²) in [6, 6.07) is 0. The number of hydrogen-bond acceptors (Lipinski definition) is 1. The Bertz CT molecular complexity index is 105. The van der Waals surface area contributed by atoms with E-state index < -0.39 is 0 Å². The molecule has 1 rings (SSSR count). The van der Waals surface area contributed by atoms with Crippen molar-refractivity contribution in [3.8, 4) is 0 Å². The van der Waals surface area contributed by atoms with Crippen LogP contribution in [0.2, 0.25) is 0 Å². The van der Waals surface area contributed by atoms with E-state index in [0.717, 1.165) is 0 Å². The zero-order valence-corrected chi connectivity index (χ0v) is 4.41. The van der Waals surface area contributed by atoms with Crippen molar-refractivity contribution in [3.05, 3.63) is 36.6 Å². The van der Waals surface area contributed by atoms with Gasteiger partial charge in [-0.25, -0.2) is 0 Å². The molecule has 39 valence electrons. The van der Waals surface area contributed by atoms with E-state index in [2.05, 4.69) is 11.1 Å². The molecule has 1 aliphatic heterocycles. The van der Waals surface area contributed by atoms with Crippen LogP contribution in [0.1, 0.15) is 0 Å². The molecule has 0 aliphatic carbocycles. The zero-order valence-electron chi connectivity index (χ0n) is 4.41. The molecular weight excluding hydrogens is 98.1 g/mol. The Hall–Kier alpha value is -1.11. The van der Waals surface area contributed by atoms with Gasteiger partial charge in [-0.3, -0.25) is 4.99 Å². The van der Waals surface area contributed by atoms with Crippen molar-refractivity contribution in [2.45, 2.75) is 0 Å². The molecule has 0 unspecified atom stereocenters. The normalized spacial score (nSPS) is 16.0. The van der Waals surface area contributed by atoms with Crippen LogP contribution in [0.15, 0.2) is 35.5 Å². The van der Waals surface area contributed by atoms with Crippen LogP contribution in [0, 0.1) is 6.08 Å². The standard InChI is InChI=1S/C7H6N/c1-2-4-6-8-7-5-3-1/h2-7H. The van der Waals surface area contributed by atoms with Gasteiger partial charge in [0.25, 0.3) is 0 Å². The average Bonchev–Trinajstić information content (AvgIpc) is 1.62. The molecule has 0 atom stereocenters. The minimum Gasteiger partial charge on any atom is -0.265 e. The predicted molar refractivity (Wildman–Crippen MR) is 34.6 cm³/mol. The highest BCUT2D eigenvalue weighted by molar-refractivity contribution is 5.72. The van der Waals surface area contributed by atoms with Gasteiger partial charge < -0.3 is 0 Å². The first-order chi connectivity index (χ1) is 4.00. The molecule has 0 spiro atoms. The topological polar surface area (TPSA) is 12.4 Å². The van der Waals surface area contributed by atoms with Gasteiger partial charge in [0.2, 0.25) is 0 Å². The Labute approximate surface area is 48.7 Å². The van der Waals surface area contributed by atoms with Crippen LogP contribution in [-0.2, 0) is 0 Å². The monoisotopic (exact) mass is 104 g/mol. The SMILES string of the molecule is [C]1=CC=CN=CC=C1. The summed E-state index contributed by atoms with van der Waals surface area (Å²) in [6.45, 7) is 0. The molecule has 1 radical (unpaired) electrons. The maximum atomic E-state index is 3.87. The Kier molecular flexibility index (Phi) is 1.87. The zero-order chi connectivity index (χ0) is 5.66. The fourth-order valence-electron chi connectivity index (χ4n) is 0.402. The Morgan fingerprint density at radius 1 is 1.25 bits per heavy atom. The summed E-state index contributed by atoms with van der Waals surface area (Å²) in [7, 11) is 0. The minimum absolute atomic E-state index is 1.72. The van der Waals surface area contributed by atoms with Crippen molar-refractivity contribution in [2.75, 3.05) is 0 Å². The first kappa shape index (κ1) is 5.04. The fourth-order valence-corrected chi connectivity index (χ4v) is 0.402. The molecule has 1 aliphatic rings. The van der Waals surface area contributed by atoms with Crippen molar-refractivity contribution in [3.63, 3.8) is 0 Å². The van der Waals surface area contributed by atoms with Gasteiger partial charge in [0.15, 0.2) is 0 Å². The second-order valence-corrected chi connectivity index (χ2v) is 1.33. The van der Waals surface area contributed by atoms with Crippen LogP contribution in [0.5, 0.6) is 0 Å². The maximum Gasteiger partial charge on any atom is 0.0267 e. The lowest BCUT2D eigenvalue weighted by molar-refractivity contribution is 1.58. The molecule has 0 aromatic heterocycles. The Morgan fingerprint density at radius 2 is 2.25 bits per heavy atom. The Morgan fingerprint density at radius 3 is 3.25 bits per heavy atom. The molecule has 0 saturated heterocycles. The van der Waals surface area contributed by atoms with Gasteiger partial charge in [-0.2, -0.15) is 0 Å². The fraction of sp³-hybridized carbons (Fsp3) is 0. The smallest absolute Gasteiger partial charge is 0.0267 e. The molecule has 1 heteroatoms. The van der Waals surface area contributed by atoms with Crippen LogP contribution >= 0.6 is 0 Å². The number of nitrogens with zero attached hydrogens (tertiary/aromatic N) is 1. The van der Waals surface area contributed by atoms with E-state index in [1.807, 2.05) is 24.3 Å². The molecule has 0 N–H and O–H groups in total. The molecule has 0 bridgehead atoms. The van der Waals surface area contributed by atoms with Crippen LogP contribution in [0.3, 0.4) is 0 Å². The van der Waals surface area contributed by atoms with Crippen molar-refractivity contribution >= 4 is 6.21 Å². The highest BCUT2D eigenvalue weighted by atomic mass is 14.6. The maximum absolute atomic E-state index is 3.87. The van der Waals surface area contributed by atoms with E-state index in [0.29, 0.717) is 0 Å². The third-order valence-corrected chi connectivity index (χ3v) is 0.729. The van der Waals surface area contributed by atoms with Crippen molar-refractivity contribution < 1.29 is 0 Å². The molecule has 0 aromatic carbocycles. The number of aliphatic imine (C=N–C) groups is 1. The second-order valence-electron chi connectivity index (χ2n) is 1.33. The molecule has 0 saturated carbocycles. The van der Waals surface area contributed by atoms with Gasteiger partial charge in [-0.1, -0.05) is 12.2 Å². The highest BCUT2D eigenvalue weighted by Crippen LogP contribution is 1.82. The van der Waals surface area contributed by atoms with Gasteiger partial charge in [0, 0.05) is 12.4 Å². The van der Waals surface area contributed by atoms with Gasteiger partial charge in [0.1, 0.15) is 0 Å². The van der Waals surface area contributed by atoms with Gasteiger partial charge >= 0.3 is 0 Å². The number of allylic oxidation sites excluding steroid dienone is 5. The largest absolute Gasteiger partial charge is 0.265 e. The van der Waals surface area contributed by atoms with E-state index in [1.165, 1.54) is 0 Å². The van der Waals surface area contributed by atoms with Crippen molar-refractivity contribution in [1.82, 2.24) is 0 Å². The average molecular weight is 104 g/mol. The van der Waals surface area contributed by atoms with Crippen LogP contribution in [0.4, 0.5) is 0 Å². The lowest BCUT2D eigenvalue weighted by Gasteiger charge is -1.76. The molecule has 1 heterocycles. The summed E-state index contributed by atoms with van der Waals surface area (Å²) in [5.41, 5.74) is 0. The van der Waals surface area contributed by atoms with E-state index >= 15 is 0 Å². The summed E-state index contributed by atoms with van der Waals surface area (Å²) in [5.74, 6) is 0. The lowest BCUT2D eigenvalue weighted by atomic mass is 10.4. The lowest BCUT2D eigenvalue weighted by Crippen LogP contribution is -1.63. The second kappa shape index (κ2) is 2.97. The van der Waals surface area contributed by atoms with E-state index in [1.54, 1.807) is 12.4 Å². The van der Waals surface area contributed by atoms with E-state index in [-0.39, 0.29) is 0 Å². The third-order valence-electron chi connectivity index (χ3n) is 0.729. The molecule has 0 amide bonds. The van der Waals surface area contributed by atoms with Crippen LogP contribution in [0.25, 0.3) is 0 Å².